The first-order chi connectivity index (χ1) is 9.04. The normalized spacial score (nSPS) is 12.7. The van der Waals surface area contributed by atoms with E-state index in [0.717, 1.165) is 23.4 Å². The minimum atomic E-state index is 0.0773. The zero-order valence-corrected chi connectivity index (χ0v) is 12.8. The van der Waals surface area contributed by atoms with Crippen LogP contribution in [0.25, 0.3) is 0 Å². The summed E-state index contributed by atoms with van der Waals surface area (Å²) in [5, 5.41) is 8.91. The molecule has 0 fully saturated rings. The minimum absolute atomic E-state index is 0.0773. The second kappa shape index (κ2) is 5.95. The van der Waals surface area contributed by atoms with Crippen molar-refractivity contribution in [2.24, 2.45) is 7.05 Å². The van der Waals surface area contributed by atoms with Gasteiger partial charge < -0.3 is 5.32 Å². The molecule has 5 heteroatoms. The topological polar surface area (TPSA) is 29.9 Å². The minimum Gasteiger partial charge on any atom is -0.306 e. The van der Waals surface area contributed by atoms with E-state index in [1.54, 1.807) is 0 Å². The fraction of sp³-hybridized carbons (Fsp3) is 0.357. The first-order valence-corrected chi connectivity index (χ1v) is 6.97. The lowest BCUT2D eigenvalue weighted by molar-refractivity contribution is 0.625. The van der Waals surface area contributed by atoms with Crippen LogP contribution < -0.4 is 5.32 Å². The molecule has 2 aromatic rings. The van der Waals surface area contributed by atoms with Crippen LogP contribution in [0.4, 0.5) is 0 Å². The van der Waals surface area contributed by atoms with Gasteiger partial charge in [-0.1, -0.05) is 36.2 Å². The molecule has 0 aliphatic carbocycles. The van der Waals surface area contributed by atoms with Crippen molar-refractivity contribution in [2.45, 2.75) is 19.9 Å². The number of hydrogen-bond donors (Lipinski definition) is 1. The number of nitrogens with zero attached hydrogens (tertiary/aromatic N) is 2. The SMILES string of the molecule is CCNC(c1ccc(Cl)c(Cl)c1)c1cnn(C)c1C. The second-order valence-electron chi connectivity index (χ2n) is 4.47. The highest BCUT2D eigenvalue weighted by Crippen LogP contribution is 2.29. The number of aromatic nitrogens is 2. The standard InChI is InChI=1S/C14H17Cl2N3/c1-4-17-14(11-8-18-19(3)9(11)2)10-5-6-12(15)13(16)7-10/h5-8,14,17H,4H2,1-3H3. The van der Waals surface area contributed by atoms with Crippen molar-refractivity contribution in [3.63, 3.8) is 0 Å². The van der Waals surface area contributed by atoms with Gasteiger partial charge in [0.25, 0.3) is 0 Å². The molecule has 1 aromatic heterocycles. The molecule has 3 nitrogen and oxygen atoms in total. The van der Waals surface area contributed by atoms with Gasteiger partial charge in [-0.25, -0.2) is 0 Å². The maximum absolute atomic E-state index is 6.11. The molecule has 2 rings (SSSR count). The van der Waals surface area contributed by atoms with Gasteiger partial charge in [-0.3, -0.25) is 4.68 Å². The Kier molecular flexibility index (Phi) is 4.50. The maximum atomic E-state index is 6.11. The van der Waals surface area contributed by atoms with Gasteiger partial charge in [0.2, 0.25) is 0 Å². The van der Waals surface area contributed by atoms with Gasteiger partial charge in [-0.15, -0.1) is 0 Å². The third-order valence-electron chi connectivity index (χ3n) is 3.27. The number of hydrogen-bond acceptors (Lipinski definition) is 2. The van der Waals surface area contributed by atoms with Crippen molar-refractivity contribution < 1.29 is 0 Å². The Bertz CT molecular complexity index is 578. The summed E-state index contributed by atoms with van der Waals surface area (Å²) in [6, 6.07) is 5.81. The Hall–Kier alpha value is -1.03. The summed E-state index contributed by atoms with van der Waals surface area (Å²) in [6.45, 7) is 5.00. The summed E-state index contributed by atoms with van der Waals surface area (Å²) >= 11 is 12.1. The Morgan fingerprint density at radius 3 is 2.58 bits per heavy atom. The van der Waals surface area contributed by atoms with E-state index >= 15 is 0 Å². The summed E-state index contributed by atoms with van der Waals surface area (Å²) in [5.74, 6) is 0. The van der Waals surface area contributed by atoms with E-state index in [1.807, 2.05) is 36.1 Å². The van der Waals surface area contributed by atoms with E-state index in [1.165, 1.54) is 0 Å². The van der Waals surface area contributed by atoms with Crippen molar-refractivity contribution in [3.05, 3.63) is 51.3 Å². The quantitative estimate of drug-likeness (QED) is 0.932. The highest BCUT2D eigenvalue weighted by molar-refractivity contribution is 6.42. The third kappa shape index (κ3) is 2.94. The summed E-state index contributed by atoms with van der Waals surface area (Å²) in [4.78, 5) is 0. The molecule has 19 heavy (non-hydrogen) atoms. The Balaban J connectivity index is 2.45. The van der Waals surface area contributed by atoms with Crippen LogP contribution in [0.5, 0.6) is 0 Å². The van der Waals surface area contributed by atoms with Crippen molar-refractivity contribution in [2.75, 3.05) is 6.54 Å². The van der Waals surface area contributed by atoms with E-state index in [-0.39, 0.29) is 6.04 Å². The fourth-order valence-corrected chi connectivity index (χ4v) is 2.41. The number of nitrogens with one attached hydrogen (secondary N) is 1. The molecule has 0 spiro atoms. The van der Waals surface area contributed by atoms with Crippen molar-refractivity contribution >= 4 is 23.2 Å². The predicted molar refractivity (Wildman–Crippen MR) is 79.9 cm³/mol. The van der Waals surface area contributed by atoms with Crippen molar-refractivity contribution in [1.29, 1.82) is 0 Å². The summed E-state index contributed by atoms with van der Waals surface area (Å²) in [6.07, 6.45) is 1.89. The zero-order chi connectivity index (χ0) is 14.0. The molecule has 0 saturated heterocycles. The first-order valence-electron chi connectivity index (χ1n) is 6.21. The third-order valence-corrected chi connectivity index (χ3v) is 4.01. The van der Waals surface area contributed by atoms with Gasteiger partial charge in [-0.2, -0.15) is 5.10 Å². The van der Waals surface area contributed by atoms with Crippen molar-refractivity contribution in [3.8, 4) is 0 Å². The number of halogens is 2. The molecule has 0 amide bonds. The molecular formula is C14H17Cl2N3. The Labute approximate surface area is 123 Å². The monoisotopic (exact) mass is 297 g/mol. The largest absolute Gasteiger partial charge is 0.306 e. The van der Waals surface area contributed by atoms with Crippen molar-refractivity contribution in [1.82, 2.24) is 15.1 Å². The van der Waals surface area contributed by atoms with E-state index < -0.39 is 0 Å². The lowest BCUT2D eigenvalue weighted by atomic mass is 9.99. The van der Waals surface area contributed by atoms with Crippen LogP contribution in [-0.2, 0) is 7.05 Å². The Morgan fingerprint density at radius 2 is 2.05 bits per heavy atom. The molecule has 1 heterocycles. The average Bonchev–Trinajstić information content (AvgIpc) is 2.71. The summed E-state index contributed by atoms with van der Waals surface area (Å²) in [5.41, 5.74) is 3.38. The molecule has 1 unspecified atom stereocenters. The summed E-state index contributed by atoms with van der Waals surface area (Å²) < 4.78 is 1.87. The zero-order valence-electron chi connectivity index (χ0n) is 11.2. The lowest BCUT2D eigenvalue weighted by Crippen LogP contribution is -2.22. The van der Waals surface area contributed by atoms with Gasteiger partial charge >= 0.3 is 0 Å². The van der Waals surface area contributed by atoms with E-state index in [4.69, 9.17) is 23.2 Å². The highest BCUT2D eigenvalue weighted by atomic mass is 35.5. The molecule has 0 bridgehead atoms. The molecule has 0 radical (unpaired) electrons. The summed E-state index contributed by atoms with van der Waals surface area (Å²) in [7, 11) is 1.94. The molecule has 0 saturated carbocycles. The van der Waals surface area contributed by atoms with Crippen LogP contribution >= 0.6 is 23.2 Å². The smallest absolute Gasteiger partial charge is 0.0611 e. The predicted octanol–water partition coefficient (Wildman–Crippen LogP) is 3.73. The molecule has 1 aromatic carbocycles. The average molecular weight is 298 g/mol. The van der Waals surface area contributed by atoms with E-state index in [0.29, 0.717) is 10.0 Å². The van der Waals surface area contributed by atoms with Gasteiger partial charge in [0, 0.05) is 18.3 Å². The molecule has 0 aliphatic heterocycles. The van der Waals surface area contributed by atoms with Crippen LogP contribution in [0.15, 0.2) is 24.4 Å². The number of rotatable bonds is 4. The first kappa shape index (κ1) is 14.4. The van der Waals surface area contributed by atoms with Gasteiger partial charge in [0.1, 0.15) is 0 Å². The van der Waals surface area contributed by atoms with Crippen LogP contribution in [0.3, 0.4) is 0 Å². The number of aryl methyl sites for hydroxylation is 1. The molecule has 102 valence electrons. The fourth-order valence-electron chi connectivity index (χ4n) is 2.10. The van der Waals surface area contributed by atoms with Crippen LogP contribution in [0.1, 0.15) is 29.8 Å². The molecule has 1 atom stereocenters. The van der Waals surface area contributed by atoms with Gasteiger partial charge in [0.05, 0.1) is 22.3 Å². The van der Waals surface area contributed by atoms with Crippen LogP contribution in [-0.4, -0.2) is 16.3 Å². The van der Waals surface area contributed by atoms with Gasteiger partial charge in [-0.05, 0) is 31.2 Å². The van der Waals surface area contributed by atoms with Gasteiger partial charge in [0.15, 0.2) is 0 Å². The lowest BCUT2D eigenvalue weighted by Gasteiger charge is -2.19. The highest BCUT2D eigenvalue weighted by Gasteiger charge is 2.18. The maximum Gasteiger partial charge on any atom is 0.0611 e. The van der Waals surface area contributed by atoms with Crippen LogP contribution in [0, 0.1) is 6.92 Å². The second-order valence-corrected chi connectivity index (χ2v) is 5.29. The molecular weight excluding hydrogens is 281 g/mol. The molecule has 1 N–H and O–H groups in total. The van der Waals surface area contributed by atoms with Crippen LogP contribution in [0.2, 0.25) is 10.0 Å². The van der Waals surface area contributed by atoms with E-state index in [2.05, 4.69) is 24.3 Å². The Morgan fingerprint density at radius 1 is 1.32 bits per heavy atom. The molecule has 0 aliphatic rings. The van der Waals surface area contributed by atoms with E-state index in [9.17, 15) is 0 Å². The number of benzene rings is 1.